The number of benzene rings is 1. The van der Waals surface area contributed by atoms with Crippen LogP contribution in [-0.4, -0.2) is 36.1 Å². The molecule has 0 aliphatic heterocycles. The second-order valence-corrected chi connectivity index (χ2v) is 5.51. The van der Waals surface area contributed by atoms with Gasteiger partial charge in [-0.1, -0.05) is 19.1 Å². The standard InChI is InChI=1S/C14H21NOS/c1-6-15(4)14(2,3)13(16)11-7-9-12(17-5)10-8-11/h7-10H,6H2,1-5H3. The van der Waals surface area contributed by atoms with Crippen molar-refractivity contribution >= 4 is 17.5 Å². The number of carbonyl (C=O) groups excluding carboxylic acids is 1. The van der Waals surface area contributed by atoms with Crippen molar-refractivity contribution in [1.29, 1.82) is 0 Å². The fourth-order valence-corrected chi connectivity index (χ4v) is 2.07. The number of nitrogens with zero attached hydrogens (tertiary/aromatic N) is 1. The SMILES string of the molecule is CCN(C)C(C)(C)C(=O)c1ccc(SC)cc1. The lowest BCUT2D eigenvalue weighted by Gasteiger charge is -2.33. The summed E-state index contributed by atoms with van der Waals surface area (Å²) in [6, 6.07) is 7.83. The molecule has 3 heteroatoms. The van der Waals surface area contributed by atoms with Crippen LogP contribution in [0.4, 0.5) is 0 Å². The summed E-state index contributed by atoms with van der Waals surface area (Å²) in [5.74, 6) is 0.175. The summed E-state index contributed by atoms with van der Waals surface area (Å²) >= 11 is 1.69. The molecule has 0 aliphatic rings. The van der Waals surface area contributed by atoms with E-state index in [1.807, 2.05) is 51.4 Å². The maximum atomic E-state index is 12.4. The Morgan fingerprint density at radius 2 is 1.82 bits per heavy atom. The van der Waals surface area contributed by atoms with Gasteiger partial charge in [-0.2, -0.15) is 0 Å². The predicted octanol–water partition coefficient (Wildman–Crippen LogP) is 3.32. The molecule has 0 fully saturated rings. The van der Waals surface area contributed by atoms with Gasteiger partial charge in [-0.3, -0.25) is 9.69 Å². The summed E-state index contributed by atoms with van der Waals surface area (Å²) < 4.78 is 0. The van der Waals surface area contributed by atoms with Gasteiger partial charge in [0.1, 0.15) is 0 Å². The molecule has 1 aromatic rings. The molecule has 0 amide bonds. The Labute approximate surface area is 108 Å². The fraction of sp³-hybridized carbons (Fsp3) is 0.500. The Kier molecular flexibility index (Phi) is 4.78. The lowest BCUT2D eigenvalue weighted by atomic mass is 9.92. The largest absolute Gasteiger partial charge is 0.295 e. The number of hydrogen-bond donors (Lipinski definition) is 0. The van der Waals surface area contributed by atoms with Gasteiger partial charge in [-0.15, -0.1) is 11.8 Å². The third kappa shape index (κ3) is 3.11. The lowest BCUT2D eigenvalue weighted by Crippen LogP contribution is -2.47. The first-order valence-corrected chi connectivity index (χ1v) is 7.06. The minimum Gasteiger partial charge on any atom is -0.295 e. The van der Waals surface area contributed by atoms with Crippen LogP contribution < -0.4 is 0 Å². The van der Waals surface area contributed by atoms with E-state index in [0.29, 0.717) is 0 Å². The van der Waals surface area contributed by atoms with Gasteiger partial charge in [0.15, 0.2) is 5.78 Å². The topological polar surface area (TPSA) is 20.3 Å². The molecule has 0 N–H and O–H groups in total. The van der Waals surface area contributed by atoms with Gasteiger partial charge in [0, 0.05) is 10.5 Å². The van der Waals surface area contributed by atoms with Crippen LogP contribution in [0.3, 0.4) is 0 Å². The van der Waals surface area contributed by atoms with Crippen LogP contribution in [0, 0.1) is 0 Å². The highest BCUT2D eigenvalue weighted by atomic mass is 32.2. The number of hydrogen-bond acceptors (Lipinski definition) is 3. The van der Waals surface area contributed by atoms with Crippen molar-refractivity contribution in [2.45, 2.75) is 31.2 Å². The van der Waals surface area contributed by atoms with Crippen LogP contribution >= 0.6 is 11.8 Å². The molecule has 0 saturated carbocycles. The first-order chi connectivity index (χ1) is 7.93. The number of likely N-dealkylation sites (N-methyl/N-ethyl adjacent to an activating group) is 1. The number of Topliss-reactive ketones (excluding diaryl/α,β-unsaturated/α-hetero) is 1. The van der Waals surface area contributed by atoms with E-state index in [4.69, 9.17) is 0 Å². The van der Waals surface area contributed by atoms with Crippen LogP contribution in [0.1, 0.15) is 31.1 Å². The van der Waals surface area contributed by atoms with Crippen molar-refractivity contribution in [1.82, 2.24) is 4.90 Å². The smallest absolute Gasteiger partial charge is 0.182 e. The van der Waals surface area contributed by atoms with E-state index in [1.54, 1.807) is 11.8 Å². The quantitative estimate of drug-likeness (QED) is 0.591. The Hall–Kier alpha value is -0.800. The van der Waals surface area contributed by atoms with Gasteiger partial charge in [-0.25, -0.2) is 0 Å². The summed E-state index contributed by atoms with van der Waals surface area (Å²) in [6.07, 6.45) is 2.03. The van der Waals surface area contributed by atoms with Crippen LogP contribution in [0.25, 0.3) is 0 Å². The number of thioether (sulfide) groups is 1. The van der Waals surface area contributed by atoms with Gasteiger partial charge in [0.2, 0.25) is 0 Å². The molecule has 0 heterocycles. The normalized spacial score (nSPS) is 11.9. The average molecular weight is 251 g/mol. The highest BCUT2D eigenvalue weighted by Gasteiger charge is 2.31. The first kappa shape index (κ1) is 14.3. The summed E-state index contributed by atoms with van der Waals surface area (Å²) in [4.78, 5) is 15.7. The van der Waals surface area contributed by atoms with E-state index >= 15 is 0 Å². The molecule has 0 aliphatic carbocycles. The zero-order valence-electron chi connectivity index (χ0n) is 11.3. The van der Waals surface area contributed by atoms with Crippen molar-refractivity contribution < 1.29 is 4.79 Å². The van der Waals surface area contributed by atoms with E-state index < -0.39 is 5.54 Å². The Morgan fingerprint density at radius 1 is 1.29 bits per heavy atom. The highest BCUT2D eigenvalue weighted by Crippen LogP contribution is 2.21. The third-order valence-corrected chi connectivity index (χ3v) is 4.08. The van der Waals surface area contributed by atoms with Crippen molar-refractivity contribution in [2.24, 2.45) is 0 Å². The zero-order chi connectivity index (χ0) is 13.1. The van der Waals surface area contributed by atoms with Crippen molar-refractivity contribution in [2.75, 3.05) is 19.8 Å². The Morgan fingerprint density at radius 3 is 2.24 bits per heavy atom. The first-order valence-electron chi connectivity index (χ1n) is 5.83. The molecular weight excluding hydrogens is 230 g/mol. The van der Waals surface area contributed by atoms with E-state index in [2.05, 4.69) is 11.8 Å². The molecule has 0 bridgehead atoms. The lowest BCUT2D eigenvalue weighted by molar-refractivity contribution is 0.0718. The minimum atomic E-state index is -0.449. The molecule has 0 saturated heterocycles. The van der Waals surface area contributed by atoms with Crippen molar-refractivity contribution in [3.8, 4) is 0 Å². The predicted molar refractivity (Wildman–Crippen MR) is 74.9 cm³/mol. The summed E-state index contributed by atoms with van der Waals surface area (Å²) in [5.41, 5.74) is 0.336. The van der Waals surface area contributed by atoms with E-state index in [0.717, 1.165) is 12.1 Å². The minimum absolute atomic E-state index is 0.175. The fourth-order valence-electron chi connectivity index (χ4n) is 1.66. The molecular formula is C14H21NOS. The Bertz CT molecular complexity index is 384. The molecule has 0 unspecified atom stereocenters. The third-order valence-electron chi connectivity index (χ3n) is 3.34. The van der Waals surface area contributed by atoms with Crippen LogP contribution in [0.5, 0.6) is 0 Å². The molecule has 1 aromatic carbocycles. The van der Waals surface area contributed by atoms with Crippen LogP contribution in [-0.2, 0) is 0 Å². The maximum Gasteiger partial charge on any atom is 0.182 e. The average Bonchev–Trinajstić information content (AvgIpc) is 2.36. The molecule has 0 aromatic heterocycles. The van der Waals surface area contributed by atoms with Gasteiger partial charge in [-0.05, 0) is 45.8 Å². The van der Waals surface area contributed by atoms with Gasteiger partial charge in [0.25, 0.3) is 0 Å². The van der Waals surface area contributed by atoms with E-state index in [9.17, 15) is 4.79 Å². The number of rotatable bonds is 5. The number of ketones is 1. The van der Waals surface area contributed by atoms with Gasteiger partial charge >= 0.3 is 0 Å². The molecule has 0 spiro atoms. The monoisotopic (exact) mass is 251 g/mol. The second-order valence-electron chi connectivity index (χ2n) is 4.63. The van der Waals surface area contributed by atoms with E-state index in [-0.39, 0.29) is 5.78 Å². The van der Waals surface area contributed by atoms with Crippen molar-refractivity contribution in [3.05, 3.63) is 29.8 Å². The molecule has 2 nitrogen and oxygen atoms in total. The maximum absolute atomic E-state index is 12.4. The number of carbonyl (C=O) groups is 1. The highest BCUT2D eigenvalue weighted by molar-refractivity contribution is 7.98. The van der Waals surface area contributed by atoms with Gasteiger partial charge in [0.05, 0.1) is 5.54 Å². The van der Waals surface area contributed by atoms with Crippen molar-refractivity contribution in [3.63, 3.8) is 0 Å². The molecule has 17 heavy (non-hydrogen) atoms. The summed E-state index contributed by atoms with van der Waals surface area (Å²) in [5, 5.41) is 0. The molecule has 94 valence electrons. The van der Waals surface area contributed by atoms with Crippen LogP contribution in [0.15, 0.2) is 29.2 Å². The van der Waals surface area contributed by atoms with Gasteiger partial charge < -0.3 is 0 Å². The second kappa shape index (κ2) is 5.69. The molecule has 0 atom stereocenters. The Balaban J connectivity index is 2.95. The molecule has 0 radical (unpaired) electrons. The zero-order valence-corrected chi connectivity index (χ0v) is 12.1. The molecule has 1 rings (SSSR count). The van der Waals surface area contributed by atoms with E-state index in [1.165, 1.54) is 4.90 Å². The summed E-state index contributed by atoms with van der Waals surface area (Å²) in [7, 11) is 1.98. The van der Waals surface area contributed by atoms with Crippen LogP contribution in [0.2, 0.25) is 0 Å². The summed E-state index contributed by atoms with van der Waals surface area (Å²) in [6.45, 7) is 6.87.